The molecule has 1 aliphatic heterocycles. The number of rotatable bonds is 8. The number of sulfone groups is 2. The Bertz CT molecular complexity index is 2410. The highest BCUT2D eigenvalue weighted by Crippen LogP contribution is 2.31. The van der Waals surface area contributed by atoms with E-state index in [4.69, 9.17) is 16.6 Å². The Kier molecular flexibility index (Phi) is 10.4. The van der Waals surface area contributed by atoms with E-state index < -0.39 is 19.7 Å². The molecular formula is C31H30Br2ClN9O5S2. The predicted octanol–water partition coefficient (Wildman–Crippen LogP) is 5.89. The van der Waals surface area contributed by atoms with Gasteiger partial charge in [0.15, 0.2) is 31.0 Å². The summed E-state index contributed by atoms with van der Waals surface area (Å²) >= 11 is 12.8. The van der Waals surface area contributed by atoms with Crippen LogP contribution in [0.1, 0.15) is 12.8 Å². The highest BCUT2D eigenvalue weighted by Gasteiger charge is 2.26. The van der Waals surface area contributed by atoms with Gasteiger partial charge in [-0.2, -0.15) is 19.2 Å². The van der Waals surface area contributed by atoms with Gasteiger partial charge in [0.2, 0.25) is 0 Å². The number of aromatic nitrogens is 6. The van der Waals surface area contributed by atoms with Crippen molar-refractivity contribution in [3.8, 4) is 0 Å². The van der Waals surface area contributed by atoms with Gasteiger partial charge in [-0.25, -0.2) is 26.8 Å². The maximum atomic E-state index is 11.7. The van der Waals surface area contributed by atoms with Crippen LogP contribution in [0.15, 0.2) is 91.8 Å². The van der Waals surface area contributed by atoms with E-state index in [1.165, 1.54) is 24.6 Å². The van der Waals surface area contributed by atoms with Crippen molar-refractivity contribution in [2.24, 2.45) is 0 Å². The van der Waals surface area contributed by atoms with E-state index >= 15 is 0 Å². The molecule has 19 heteroatoms. The normalized spacial score (nSPS) is 14.9. The first-order valence-corrected chi connectivity index (χ1v) is 20.7. The van der Waals surface area contributed by atoms with Crippen LogP contribution in [-0.2, 0) is 19.7 Å². The second-order valence-electron chi connectivity index (χ2n) is 11.4. The monoisotopic (exact) mass is 865 g/mol. The molecule has 3 N–H and O–H groups in total. The summed E-state index contributed by atoms with van der Waals surface area (Å²) in [4.78, 5) is 11.5. The highest BCUT2D eigenvalue weighted by molar-refractivity contribution is 9.11. The van der Waals surface area contributed by atoms with E-state index in [2.05, 4.69) is 62.6 Å². The van der Waals surface area contributed by atoms with Gasteiger partial charge in [-0.3, -0.25) is 0 Å². The van der Waals surface area contributed by atoms with Crippen molar-refractivity contribution in [3.05, 3.63) is 87.2 Å². The number of aliphatic hydroxyl groups excluding tert-OH is 1. The quantitative estimate of drug-likeness (QED) is 0.155. The van der Waals surface area contributed by atoms with Crippen molar-refractivity contribution in [3.63, 3.8) is 0 Å². The van der Waals surface area contributed by atoms with E-state index in [9.17, 15) is 21.9 Å². The Balaban J connectivity index is 0.000000178. The lowest BCUT2D eigenvalue weighted by atomic mass is 10.2. The van der Waals surface area contributed by atoms with Crippen molar-refractivity contribution in [1.82, 2.24) is 29.2 Å². The van der Waals surface area contributed by atoms with Crippen LogP contribution in [0.25, 0.3) is 11.3 Å². The van der Waals surface area contributed by atoms with Gasteiger partial charge < -0.3 is 20.6 Å². The van der Waals surface area contributed by atoms with Crippen molar-refractivity contribution < 1.29 is 21.9 Å². The van der Waals surface area contributed by atoms with Gasteiger partial charge in [-0.15, -0.1) is 0 Å². The molecule has 6 aromatic rings. The molecule has 0 radical (unpaired) electrons. The topological polar surface area (TPSA) is 176 Å². The lowest BCUT2D eigenvalue weighted by Gasteiger charge is -2.25. The summed E-state index contributed by atoms with van der Waals surface area (Å²) in [6.07, 6.45) is 7.59. The zero-order valence-corrected chi connectivity index (χ0v) is 32.1. The Morgan fingerprint density at radius 3 is 1.76 bits per heavy atom. The number of benzene rings is 2. The van der Waals surface area contributed by atoms with Crippen molar-refractivity contribution in [2.75, 3.05) is 41.2 Å². The number of halogens is 3. The third-order valence-corrected chi connectivity index (χ3v) is 11.4. The van der Waals surface area contributed by atoms with E-state index in [1.54, 1.807) is 63.9 Å². The molecule has 1 aliphatic rings. The molecule has 1 saturated heterocycles. The SMILES string of the molecule is CS(=O)(=O)c1ccc(Nc2cc(Cl)nc3c(Br)cnn23)cc1.CS(=O)(=O)c1ccc(Nc2cc(N3CCC[C@H]3CO)nc3c(Br)cnn23)cc1. The number of hydrogen-bond donors (Lipinski definition) is 3. The number of nitrogens with zero attached hydrogens (tertiary/aromatic N) is 7. The van der Waals surface area contributed by atoms with Gasteiger partial charge in [0.25, 0.3) is 0 Å². The first-order valence-electron chi connectivity index (χ1n) is 15.0. The zero-order chi connectivity index (χ0) is 35.8. The molecule has 7 rings (SSSR count). The molecule has 0 amide bonds. The summed E-state index contributed by atoms with van der Waals surface area (Å²) in [7, 11) is -6.46. The largest absolute Gasteiger partial charge is 0.394 e. The minimum atomic E-state index is -3.24. The van der Waals surface area contributed by atoms with Gasteiger partial charge >= 0.3 is 0 Å². The van der Waals surface area contributed by atoms with Crippen LogP contribution in [0.3, 0.4) is 0 Å². The molecule has 1 atom stereocenters. The second-order valence-corrected chi connectivity index (χ2v) is 17.6. The third-order valence-electron chi connectivity index (χ3n) is 7.80. The highest BCUT2D eigenvalue weighted by atomic mass is 79.9. The van der Waals surface area contributed by atoms with Crippen LogP contribution in [0.5, 0.6) is 0 Å². The standard InChI is InChI=1S/C18H20BrN5O3S.C13H10BrClN4O2S/c1-28(26,27)14-6-4-12(5-7-14)21-17-9-16(23-8-2-3-13(23)11-25)22-18-15(19)10-20-24(17)18;1-22(20,21)9-4-2-8(3-5-9)17-12-6-11(15)18-13-10(14)7-16-19(12)13/h4-7,9-10,13,21,25H,2-3,8,11H2,1H3;2-7,17H,1H3/t13-;/m0./s1. The molecule has 14 nitrogen and oxygen atoms in total. The first kappa shape index (κ1) is 36.0. The number of aliphatic hydroxyl groups is 1. The number of anilines is 5. The Labute approximate surface area is 309 Å². The average Bonchev–Trinajstić information content (AvgIpc) is 3.80. The summed E-state index contributed by atoms with van der Waals surface area (Å²) < 4.78 is 51.0. The predicted molar refractivity (Wildman–Crippen MR) is 200 cm³/mol. The van der Waals surface area contributed by atoms with E-state index in [0.29, 0.717) is 33.8 Å². The smallest absolute Gasteiger partial charge is 0.175 e. The van der Waals surface area contributed by atoms with Crippen LogP contribution in [0, 0.1) is 0 Å². The fraction of sp³-hybridized carbons (Fsp3) is 0.226. The van der Waals surface area contributed by atoms with Crippen LogP contribution in [0.2, 0.25) is 5.15 Å². The van der Waals surface area contributed by atoms with Crippen LogP contribution in [-0.4, -0.2) is 82.8 Å². The van der Waals surface area contributed by atoms with Gasteiger partial charge in [-0.1, -0.05) is 11.6 Å². The van der Waals surface area contributed by atoms with Crippen molar-refractivity contribution >= 4 is 103 Å². The zero-order valence-electron chi connectivity index (χ0n) is 26.5. The Hall–Kier alpha value is -3.81. The van der Waals surface area contributed by atoms with E-state index in [0.717, 1.165) is 39.8 Å². The molecule has 4 aromatic heterocycles. The summed E-state index contributed by atoms with van der Waals surface area (Å²) in [5, 5.41) is 25.0. The molecular weight excluding hydrogens is 838 g/mol. The number of hydrogen-bond acceptors (Lipinski definition) is 12. The fourth-order valence-corrected chi connectivity index (χ4v) is 7.49. The molecule has 262 valence electrons. The lowest BCUT2D eigenvalue weighted by molar-refractivity contribution is 0.266. The van der Waals surface area contributed by atoms with Gasteiger partial charge in [-0.05, 0) is 93.2 Å². The Morgan fingerprint density at radius 2 is 1.28 bits per heavy atom. The summed E-state index contributed by atoms with van der Waals surface area (Å²) in [5.41, 5.74) is 2.69. The molecule has 2 aromatic carbocycles. The van der Waals surface area contributed by atoms with Crippen LogP contribution < -0.4 is 15.5 Å². The number of fused-ring (bicyclic) bond motifs is 2. The minimum Gasteiger partial charge on any atom is -0.394 e. The molecule has 0 bridgehead atoms. The lowest BCUT2D eigenvalue weighted by Crippen LogP contribution is -2.32. The van der Waals surface area contributed by atoms with Crippen molar-refractivity contribution in [2.45, 2.75) is 28.7 Å². The minimum absolute atomic E-state index is 0.0542. The molecule has 50 heavy (non-hydrogen) atoms. The molecule has 5 heterocycles. The van der Waals surface area contributed by atoms with E-state index in [1.807, 2.05) is 6.07 Å². The third kappa shape index (κ3) is 7.89. The van der Waals surface area contributed by atoms with Gasteiger partial charge in [0, 0.05) is 42.6 Å². The van der Waals surface area contributed by atoms with Gasteiger partial charge in [0.05, 0.1) is 43.8 Å². The molecule has 0 aliphatic carbocycles. The van der Waals surface area contributed by atoms with Crippen LogP contribution >= 0.6 is 43.5 Å². The maximum Gasteiger partial charge on any atom is 0.175 e. The van der Waals surface area contributed by atoms with Gasteiger partial charge in [0.1, 0.15) is 22.6 Å². The maximum absolute atomic E-state index is 11.7. The van der Waals surface area contributed by atoms with Crippen molar-refractivity contribution in [1.29, 1.82) is 0 Å². The summed E-state index contributed by atoms with van der Waals surface area (Å²) in [6.45, 7) is 0.922. The molecule has 1 fully saturated rings. The van der Waals surface area contributed by atoms with E-state index in [-0.39, 0.29) is 22.4 Å². The Morgan fingerprint density at radius 1 is 0.800 bits per heavy atom. The average molecular weight is 868 g/mol. The molecule has 0 spiro atoms. The molecule has 0 unspecified atom stereocenters. The summed E-state index contributed by atoms with van der Waals surface area (Å²) in [5.74, 6) is 2.08. The first-order chi connectivity index (χ1) is 23.7. The fourth-order valence-electron chi connectivity index (χ4n) is 5.35. The molecule has 0 saturated carbocycles. The summed E-state index contributed by atoms with van der Waals surface area (Å²) in [6, 6.07) is 16.6. The second kappa shape index (κ2) is 14.4. The van der Waals surface area contributed by atoms with Crippen LogP contribution in [0.4, 0.5) is 28.8 Å². The number of nitrogens with one attached hydrogen (secondary N) is 2.